The first kappa shape index (κ1) is 23.1. The van der Waals surface area contributed by atoms with Gasteiger partial charge in [-0.3, -0.25) is 9.69 Å². The molecule has 7 nitrogen and oxygen atoms in total. The van der Waals surface area contributed by atoms with Gasteiger partial charge in [0.25, 0.3) is 0 Å². The Bertz CT molecular complexity index is 985. The molecule has 0 radical (unpaired) electrons. The lowest BCUT2D eigenvalue weighted by Gasteiger charge is -2.36. The number of ether oxygens (including phenoxy) is 1. The molecular formula is C26H32N4O3. The molecule has 1 aliphatic heterocycles. The molecule has 1 saturated heterocycles. The van der Waals surface area contributed by atoms with E-state index in [1.54, 1.807) is 0 Å². The third-order valence-electron chi connectivity index (χ3n) is 6.10. The van der Waals surface area contributed by atoms with E-state index in [1.807, 2.05) is 53.4 Å². The molecule has 1 amide bonds. The number of rotatable bonds is 10. The summed E-state index contributed by atoms with van der Waals surface area (Å²) in [4.78, 5) is 21.4. The lowest BCUT2D eigenvalue weighted by atomic mass is 10.2. The summed E-state index contributed by atoms with van der Waals surface area (Å²) in [6, 6.07) is 20.2. The van der Waals surface area contributed by atoms with Gasteiger partial charge in [0.15, 0.2) is 0 Å². The van der Waals surface area contributed by atoms with E-state index in [0.29, 0.717) is 31.3 Å². The molecule has 0 spiro atoms. The van der Waals surface area contributed by atoms with Crippen molar-refractivity contribution >= 4 is 5.91 Å². The maximum absolute atomic E-state index is 12.6. The van der Waals surface area contributed by atoms with Gasteiger partial charge in [-0.15, -0.1) is 0 Å². The number of carbonyl (C=O) groups is 1. The van der Waals surface area contributed by atoms with Crippen LogP contribution in [0.15, 0.2) is 65.2 Å². The van der Waals surface area contributed by atoms with Crippen LogP contribution in [0.1, 0.15) is 37.3 Å². The zero-order valence-electron chi connectivity index (χ0n) is 19.2. The summed E-state index contributed by atoms with van der Waals surface area (Å²) in [6.07, 6.45) is 2.20. The zero-order chi connectivity index (χ0) is 22.9. The van der Waals surface area contributed by atoms with Crippen molar-refractivity contribution in [2.45, 2.75) is 32.2 Å². The minimum Gasteiger partial charge on any atom is -0.381 e. The molecule has 1 atom stereocenters. The van der Waals surface area contributed by atoms with Crippen LogP contribution < -0.4 is 0 Å². The van der Waals surface area contributed by atoms with Gasteiger partial charge in [-0.05, 0) is 25.3 Å². The standard InChI is InChI=1S/C26H32N4O3/c1-21(26-27-25(28-33-26)23-11-6-3-7-12-23)29-15-17-30(18-16-29)24(31)13-8-19-32-20-14-22-9-4-2-5-10-22/h2-7,9-12,21H,8,13-20H2,1H3. The molecule has 1 unspecified atom stereocenters. The van der Waals surface area contributed by atoms with Crippen molar-refractivity contribution in [3.63, 3.8) is 0 Å². The monoisotopic (exact) mass is 448 g/mol. The van der Waals surface area contributed by atoms with E-state index in [1.165, 1.54) is 5.56 Å². The van der Waals surface area contributed by atoms with Crippen molar-refractivity contribution in [2.75, 3.05) is 39.4 Å². The Morgan fingerprint density at radius 1 is 1.00 bits per heavy atom. The normalized spacial score (nSPS) is 15.5. The van der Waals surface area contributed by atoms with E-state index in [-0.39, 0.29) is 11.9 Å². The molecule has 33 heavy (non-hydrogen) atoms. The predicted octanol–water partition coefficient (Wildman–Crippen LogP) is 3.98. The van der Waals surface area contributed by atoms with Gasteiger partial charge in [0.1, 0.15) is 0 Å². The van der Waals surface area contributed by atoms with Crippen LogP contribution in [0, 0.1) is 0 Å². The third-order valence-corrected chi connectivity index (χ3v) is 6.10. The number of hydrogen-bond donors (Lipinski definition) is 0. The molecular weight excluding hydrogens is 416 g/mol. The van der Waals surface area contributed by atoms with Gasteiger partial charge in [0, 0.05) is 44.8 Å². The van der Waals surface area contributed by atoms with Crippen LogP contribution in [0.25, 0.3) is 11.4 Å². The zero-order valence-corrected chi connectivity index (χ0v) is 19.2. The highest BCUT2D eigenvalue weighted by molar-refractivity contribution is 5.76. The predicted molar refractivity (Wildman–Crippen MR) is 127 cm³/mol. The number of amides is 1. The number of benzene rings is 2. The number of carbonyl (C=O) groups excluding carboxylic acids is 1. The summed E-state index contributed by atoms with van der Waals surface area (Å²) in [7, 11) is 0. The first-order valence-corrected chi connectivity index (χ1v) is 11.7. The van der Waals surface area contributed by atoms with Crippen LogP contribution in [0.5, 0.6) is 0 Å². The molecule has 7 heteroatoms. The molecule has 1 aromatic heterocycles. The summed E-state index contributed by atoms with van der Waals surface area (Å²) in [5.74, 6) is 1.43. The molecule has 2 aromatic carbocycles. The topological polar surface area (TPSA) is 71.7 Å². The van der Waals surface area contributed by atoms with Crippen LogP contribution in [-0.2, 0) is 16.0 Å². The van der Waals surface area contributed by atoms with Gasteiger partial charge < -0.3 is 14.2 Å². The van der Waals surface area contributed by atoms with Gasteiger partial charge >= 0.3 is 0 Å². The van der Waals surface area contributed by atoms with Gasteiger partial charge in [0.2, 0.25) is 17.6 Å². The Balaban J connectivity index is 1.14. The van der Waals surface area contributed by atoms with Crippen molar-refractivity contribution in [3.8, 4) is 11.4 Å². The first-order valence-electron chi connectivity index (χ1n) is 11.7. The van der Waals surface area contributed by atoms with E-state index in [2.05, 4.69) is 34.1 Å². The quantitative estimate of drug-likeness (QED) is 0.437. The Labute approximate surface area is 195 Å². The van der Waals surface area contributed by atoms with Crippen LogP contribution in [-0.4, -0.2) is 65.2 Å². The van der Waals surface area contributed by atoms with Gasteiger partial charge in [0.05, 0.1) is 12.6 Å². The molecule has 0 aliphatic carbocycles. The van der Waals surface area contributed by atoms with Crippen molar-refractivity contribution in [3.05, 3.63) is 72.1 Å². The molecule has 174 valence electrons. The van der Waals surface area contributed by atoms with Crippen LogP contribution in [0.2, 0.25) is 0 Å². The molecule has 1 fully saturated rings. The van der Waals surface area contributed by atoms with E-state index >= 15 is 0 Å². The third kappa shape index (κ3) is 6.49. The summed E-state index contributed by atoms with van der Waals surface area (Å²) >= 11 is 0. The maximum Gasteiger partial charge on any atom is 0.244 e. The fraction of sp³-hybridized carbons (Fsp3) is 0.423. The van der Waals surface area contributed by atoms with Crippen molar-refractivity contribution in [2.24, 2.45) is 0 Å². The SMILES string of the molecule is CC(c1nc(-c2ccccc2)no1)N1CCN(C(=O)CCCOCCc2ccccc2)CC1. The Morgan fingerprint density at radius 3 is 2.42 bits per heavy atom. The number of aromatic nitrogens is 2. The van der Waals surface area contributed by atoms with Crippen molar-refractivity contribution < 1.29 is 14.1 Å². The molecule has 3 aromatic rings. The molecule has 1 aliphatic rings. The van der Waals surface area contributed by atoms with E-state index in [9.17, 15) is 4.79 Å². The fourth-order valence-electron chi connectivity index (χ4n) is 4.04. The second kappa shape index (κ2) is 11.7. The number of nitrogens with zero attached hydrogens (tertiary/aromatic N) is 4. The van der Waals surface area contributed by atoms with Crippen molar-refractivity contribution in [1.82, 2.24) is 19.9 Å². The number of hydrogen-bond acceptors (Lipinski definition) is 6. The molecule has 0 saturated carbocycles. The highest BCUT2D eigenvalue weighted by Crippen LogP contribution is 2.23. The highest BCUT2D eigenvalue weighted by atomic mass is 16.5. The van der Waals surface area contributed by atoms with Crippen LogP contribution in [0.4, 0.5) is 0 Å². The Kier molecular flexibility index (Phi) is 8.22. The second-order valence-corrected chi connectivity index (χ2v) is 8.37. The molecule has 0 bridgehead atoms. The lowest BCUT2D eigenvalue weighted by Crippen LogP contribution is -2.49. The van der Waals surface area contributed by atoms with E-state index in [0.717, 1.165) is 44.6 Å². The molecule has 4 rings (SSSR count). The maximum atomic E-state index is 12.6. The van der Waals surface area contributed by atoms with Gasteiger partial charge in [-0.1, -0.05) is 65.8 Å². The van der Waals surface area contributed by atoms with Crippen molar-refractivity contribution in [1.29, 1.82) is 0 Å². The fourth-order valence-corrected chi connectivity index (χ4v) is 4.04. The summed E-state index contributed by atoms with van der Waals surface area (Å²) in [5.41, 5.74) is 2.22. The van der Waals surface area contributed by atoms with Crippen LogP contribution in [0.3, 0.4) is 0 Å². The smallest absolute Gasteiger partial charge is 0.244 e. The van der Waals surface area contributed by atoms with E-state index in [4.69, 9.17) is 9.26 Å². The average Bonchev–Trinajstić information content (AvgIpc) is 3.37. The summed E-state index contributed by atoms with van der Waals surface area (Å²) in [6.45, 7) is 6.42. The van der Waals surface area contributed by atoms with Crippen LogP contribution >= 0.6 is 0 Å². The largest absolute Gasteiger partial charge is 0.381 e. The summed E-state index contributed by atoms with van der Waals surface area (Å²) < 4.78 is 11.2. The van der Waals surface area contributed by atoms with E-state index < -0.39 is 0 Å². The highest BCUT2D eigenvalue weighted by Gasteiger charge is 2.27. The first-order chi connectivity index (χ1) is 16.2. The lowest BCUT2D eigenvalue weighted by molar-refractivity contribution is -0.133. The summed E-state index contributed by atoms with van der Waals surface area (Å²) in [5, 5.41) is 4.13. The minimum atomic E-state index is 0.0187. The average molecular weight is 449 g/mol. The molecule has 2 heterocycles. The number of piperazine rings is 1. The van der Waals surface area contributed by atoms with Gasteiger partial charge in [-0.25, -0.2) is 0 Å². The minimum absolute atomic E-state index is 0.0187. The second-order valence-electron chi connectivity index (χ2n) is 8.37. The van der Waals surface area contributed by atoms with Gasteiger partial charge in [-0.2, -0.15) is 4.98 Å². The Morgan fingerprint density at radius 2 is 1.70 bits per heavy atom. The Hall–Kier alpha value is -3.03. The molecule has 0 N–H and O–H groups in total.